The van der Waals surface area contributed by atoms with Gasteiger partial charge in [-0.25, -0.2) is 9.10 Å². The number of para-hydroxylation sites is 1. The van der Waals surface area contributed by atoms with Crippen LogP contribution in [0.3, 0.4) is 0 Å². The maximum atomic E-state index is 11.0. The van der Waals surface area contributed by atoms with E-state index >= 15 is 0 Å². The van der Waals surface area contributed by atoms with Gasteiger partial charge in [-0.3, -0.25) is 5.41 Å². The molecule has 10 heteroatoms. The molecular weight excluding hydrogens is 361 g/mol. The lowest BCUT2D eigenvalue weighted by Gasteiger charge is -2.23. The molecule has 2 unspecified atom stereocenters. The fourth-order valence-electron chi connectivity index (χ4n) is 1.30. The molecule has 6 nitrogen and oxygen atoms in total. The predicted molar refractivity (Wildman–Crippen MR) is 98.7 cm³/mol. The Morgan fingerprint density at radius 1 is 1.50 bits per heavy atom. The third-order valence-corrected chi connectivity index (χ3v) is 6.06. The van der Waals surface area contributed by atoms with Crippen molar-refractivity contribution in [3.05, 3.63) is 30.3 Å². The van der Waals surface area contributed by atoms with Crippen LogP contribution in [0.25, 0.3) is 0 Å². The van der Waals surface area contributed by atoms with Crippen molar-refractivity contribution in [2.45, 2.75) is 5.97 Å². The van der Waals surface area contributed by atoms with Crippen LogP contribution in [0, 0.1) is 5.41 Å². The van der Waals surface area contributed by atoms with Gasteiger partial charge in [-0.15, -0.1) is 0 Å². The molecule has 120 valence electrons. The smallest absolute Gasteiger partial charge is 0.407 e. The highest BCUT2D eigenvalue weighted by atomic mass is 33.1. The highest BCUT2D eigenvalue weighted by Crippen LogP contribution is 2.37. The third kappa shape index (κ3) is 6.50. The van der Waals surface area contributed by atoms with Gasteiger partial charge in [0.05, 0.1) is 5.69 Å². The highest BCUT2D eigenvalue weighted by molar-refractivity contribution is 8.82. The van der Waals surface area contributed by atoms with Crippen molar-refractivity contribution in [1.29, 1.82) is 5.41 Å². The van der Waals surface area contributed by atoms with Crippen molar-refractivity contribution < 1.29 is 14.3 Å². The zero-order valence-corrected chi connectivity index (χ0v) is 15.5. The number of carbonyl (C=O) groups is 1. The van der Waals surface area contributed by atoms with Crippen molar-refractivity contribution in [3.8, 4) is 0 Å². The van der Waals surface area contributed by atoms with Gasteiger partial charge in [0.2, 0.25) is 7.36 Å². The van der Waals surface area contributed by atoms with Crippen LogP contribution in [0.2, 0.25) is 0 Å². The molecule has 22 heavy (non-hydrogen) atoms. The number of rotatable bonds is 8. The number of hydrogen-bond acceptors (Lipinski definition) is 8. The van der Waals surface area contributed by atoms with Gasteiger partial charge in [0.15, 0.2) is 11.8 Å². The topological polar surface area (TPSA) is 74.7 Å². The number of anilines is 1. The molecule has 1 rings (SSSR count). The number of amides is 1. The van der Waals surface area contributed by atoms with E-state index in [1.807, 2.05) is 34.6 Å². The molecule has 0 saturated carbocycles. The van der Waals surface area contributed by atoms with Crippen LogP contribution < -0.4 is 9.62 Å². The Hall–Kier alpha value is -0.860. The number of ether oxygens (including phenoxy) is 2. The molecule has 1 aromatic carbocycles. The van der Waals surface area contributed by atoms with E-state index in [4.69, 9.17) is 26.7 Å². The summed E-state index contributed by atoms with van der Waals surface area (Å²) in [5, 5.41) is 10.4. The largest absolute Gasteiger partial charge is 0.442 e. The lowest BCUT2D eigenvalue weighted by atomic mass is 10.3. The predicted octanol–water partition coefficient (Wildman–Crippen LogP) is 3.19. The monoisotopic (exact) mass is 378 g/mol. The van der Waals surface area contributed by atoms with Crippen molar-refractivity contribution in [1.82, 2.24) is 5.32 Å². The van der Waals surface area contributed by atoms with Crippen LogP contribution in [-0.4, -0.2) is 37.9 Å². The molecule has 0 aromatic heterocycles. The van der Waals surface area contributed by atoms with E-state index in [0.29, 0.717) is 0 Å². The van der Waals surface area contributed by atoms with Gasteiger partial charge in [0.25, 0.3) is 0 Å². The molecule has 0 heterocycles. The first kappa shape index (κ1) is 19.2. The quantitative estimate of drug-likeness (QED) is 0.180. The molecule has 0 saturated heterocycles. The summed E-state index contributed by atoms with van der Waals surface area (Å²) in [5.74, 6) is -0.262. The average Bonchev–Trinajstić information content (AvgIpc) is 2.57. The van der Waals surface area contributed by atoms with Crippen LogP contribution in [0.15, 0.2) is 30.3 Å². The molecule has 0 bridgehead atoms. The number of hydrogen-bond donors (Lipinski definition) is 2. The zero-order valence-electron chi connectivity index (χ0n) is 12.1. The minimum Gasteiger partial charge on any atom is -0.442 e. The standard InChI is InChI=1S/C12H16N3O3PS3/c1-14-11(16)18-8-10(13)21-22-15(12(17-2)19-20)9-6-4-3-5-7-9/h3-7,12-13H,8H2,1-2H3,(H,14,16)/p+1. The van der Waals surface area contributed by atoms with Gasteiger partial charge in [-0.1, -0.05) is 18.2 Å². The van der Waals surface area contributed by atoms with Gasteiger partial charge in [0, 0.05) is 25.1 Å². The Morgan fingerprint density at radius 2 is 2.18 bits per heavy atom. The normalized spacial score (nSPS) is 11.7. The van der Waals surface area contributed by atoms with Crippen molar-refractivity contribution in [2.75, 3.05) is 25.1 Å². The lowest BCUT2D eigenvalue weighted by molar-refractivity contribution is 0.164. The molecule has 0 aliphatic heterocycles. The van der Waals surface area contributed by atoms with E-state index < -0.39 is 6.09 Å². The van der Waals surface area contributed by atoms with E-state index in [-0.39, 0.29) is 25.0 Å². The first-order valence-electron chi connectivity index (χ1n) is 6.13. The molecular formula is C12H17N3O3PS3+. The van der Waals surface area contributed by atoms with Crippen LogP contribution >= 0.6 is 29.1 Å². The van der Waals surface area contributed by atoms with Crippen LogP contribution in [0.1, 0.15) is 0 Å². The van der Waals surface area contributed by atoms with Crippen molar-refractivity contribution in [3.63, 3.8) is 0 Å². The highest BCUT2D eigenvalue weighted by Gasteiger charge is 2.24. The first-order valence-corrected chi connectivity index (χ1v) is 10.5. The van der Waals surface area contributed by atoms with E-state index in [2.05, 4.69) is 5.32 Å². The fourth-order valence-corrected chi connectivity index (χ4v) is 4.79. The number of methoxy groups -OCH3 is 1. The summed E-state index contributed by atoms with van der Waals surface area (Å²) in [4.78, 5) is 11.0. The first-order chi connectivity index (χ1) is 10.6. The maximum absolute atomic E-state index is 11.0. The summed E-state index contributed by atoms with van der Waals surface area (Å²) < 4.78 is 12.1. The second kappa shape index (κ2) is 10.8. The van der Waals surface area contributed by atoms with Crippen molar-refractivity contribution >= 4 is 57.8 Å². The number of benzene rings is 1. The molecule has 0 fully saturated rings. The number of alkyl carbamates (subject to hydrolysis) is 1. The Morgan fingerprint density at radius 3 is 2.73 bits per heavy atom. The molecule has 2 N–H and O–H groups in total. The van der Waals surface area contributed by atoms with Gasteiger partial charge >= 0.3 is 12.1 Å². The molecule has 0 spiro atoms. The molecule has 0 radical (unpaired) electrons. The zero-order chi connectivity index (χ0) is 16.4. The maximum Gasteiger partial charge on any atom is 0.407 e. The number of nitrogens with one attached hydrogen (secondary N) is 2. The molecule has 0 aliphatic carbocycles. The van der Waals surface area contributed by atoms with Gasteiger partial charge in [-0.05, 0) is 22.9 Å². The van der Waals surface area contributed by atoms with Gasteiger partial charge in [-0.2, -0.15) is 0 Å². The SMILES string of the molecule is CNC(=O)OCC(=N)SSN(c1ccccc1)C(OC)[PH+]=S. The number of carbonyl (C=O) groups excluding carboxylic acids is 1. The van der Waals surface area contributed by atoms with Crippen LogP contribution in [-0.2, 0) is 21.3 Å². The average molecular weight is 378 g/mol. The van der Waals surface area contributed by atoms with Crippen LogP contribution in [0.4, 0.5) is 10.5 Å². The van der Waals surface area contributed by atoms with E-state index in [1.54, 1.807) is 7.11 Å². The Balaban J connectivity index is 2.64. The summed E-state index contributed by atoms with van der Waals surface area (Å²) in [7, 11) is 5.73. The van der Waals surface area contributed by atoms with E-state index in [0.717, 1.165) is 5.69 Å². The summed E-state index contributed by atoms with van der Waals surface area (Å²) in [5.41, 5.74) is 0.934. The van der Waals surface area contributed by atoms with Crippen LogP contribution in [0.5, 0.6) is 0 Å². The second-order valence-corrected chi connectivity index (χ2v) is 7.36. The lowest BCUT2D eigenvalue weighted by Crippen LogP contribution is -2.25. The minimum absolute atomic E-state index is 0.0756. The fraction of sp³-hybridized carbons (Fsp3) is 0.333. The third-order valence-electron chi connectivity index (χ3n) is 2.30. The van der Waals surface area contributed by atoms with Gasteiger partial charge in [0.1, 0.15) is 11.7 Å². The van der Waals surface area contributed by atoms with E-state index in [9.17, 15) is 4.79 Å². The molecule has 0 aliphatic rings. The molecule has 1 aromatic rings. The summed E-state index contributed by atoms with van der Waals surface area (Å²) in [6.07, 6.45) is -0.558. The number of nitrogens with zero attached hydrogens (tertiary/aromatic N) is 1. The summed E-state index contributed by atoms with van der Waals surface area (Å²) in [6, 6.07) is 9.66. The van der Waals surface area contributed by atoms with Gasteiger partial charge < -0.3 is 14.8 Å². The second-order valence-electron chi connectivity index (χ2n) is 3.77. The summed E-state index contributed by atoms with van der Waals surface area (Å²) >= 11 is 5.14. The Bertz CT molecular complexity index is 507. The molecule has 1 amide bonds. The minimum atomic E-state index is -0.558. The summed E-state index contributed by atoms with van der Waals surface area (Å²) in [6.45, 7) is -0.0756. The Labute approximate surface area is 144 Å². The Kier molecular flexibility index (Phi) is 9.42. The van der Waals surface area contributed by atoms with E-state index in [1.165, 1.54) is 28.8 Å². The molecule has 2 atom stereocenters. The van der Waals surface area contributed by atoms with Crippen molar-refractivity contribution in [2.24, 2.45) is 0 Å².